The highest BCUT2D eigenvalue weighted by Crippen LogP contribution is 2.25. The van der Waals surface area contributed by atoms with Gasteiger partial charge in [0.1, 0.15) is 0 Å². The molecule has 0 aliphatic heterocycles. The van der Waals surface area contributed by atoms with Crippen LogP contribution < -0.4 is 0 Å². The third kappa shape index (κ3) is 1.87. The summed E-state index contributed by atoms with van der Waals surface area (Å²) in [5.41, 5.74) is 0.291. The van der Waals surface area contributed by atoms with Gasteiger partial charge < -0.3 is 5.11 Å². The number of nitrogens with zero attached hydrogens (tertiary/aromatic N) is 2. The summed E-state index contributed by atoms with van der Waals surface area (Å²) >= 11 is 0. The van der Waals surface area contributed by atoms with E-state index in [-0.39, 0.29) is 11.3 Å². The van der Waals surface area contributed by atoms with Crippen LogP contribution in [0.2, 0.25) is 0 Å². The van der Waals surface area contributed by atoms with E-state index in [0.717, 1.165) is 0 Å². The highest BCUT2D eigenvalue weighted by Gasteiger charge is 2.17. The maximum atomic E-state index is 10.5. The number of aliphatic hydroxyl groups excluding tert-OH is 1. The van der Waals surface area contributed by atoms with Crippen molar-refractivity contribution in [3.63, 3.8) is 0 Å². The SMILES string of the molecule is CC(O)c1cc(C#N)ccc1[N+](=O)[O-]. The van der Waals surface area contributed by atoms with Crippen molar-refractivity contribution < 1.29 is 10.0 Å². The second-order valence-corrected chi connectivity index (χ2v) is 2.82. The van der Waals surface area contributed by atoms with Gasteiger partial charge >= 0.3 is 0 Å². The third-order valence-electron chi connectivity index (χ3n) is 1.80. The zero-order valence-electron chi connectivity index (χ0n) is 7.47. The van der Waals surface area contributed by atoms with Gasteiger partial charge in [0.25, 0.3) is 5.69 Å². The Bertz CT molecular complexity index is 407. The monoisotopic (exact) mass is 192 g/mol. The quantitative estimate of drug-likeness (QED) is 0.568. The van der Waals surface area contributed by atoms with Crippen LogP contribution in [-0.2, 0) is 0 Å². The number of rotatable bonds is 2. The molecule has 0 bridgehead atoms. The normalized spacial score (nSPS) is 11.8. The lowest BCUT2D eigenvalue weighted by molar-refractivity contribution is -0.386. The van der Waals surface area contributed by atoms with Crippen LogP contribution in [0.1, 0.15) is 24.2 Å². The summed E-state index contributed by atoms with van der Waals surface area (Å²) in [5, 5.41) is 28.4. The van der Waals surface area contributed by atoms with Crippen LogP contribution in [0, 0.1) is 21.4 Å². The summed E-state index contributed by atoms with van der Waals surface area (Å²) in [6, 6.07) is 5.75. The largest absolute Gasteiger partial charge is 0.388 e. The van der Waals surface area contributed by atoms with Crippen LogP contribution in [0.25, 0.3) is 0 Å². The molecule has 1 N–H and O–H groups in total. The number of nitro groups is 1. The summed E-state index contributed by atoms with van der Waals surface area (Å²) in [4.78, 5) is 9.96. The molecule has 1 atom stereocenters. The highest BCUT2D eigenvalue weighted by atomic mass is 16.6. The minimum Gasteiger partial charge on any atom is -0.388 e. The fraction of sp³-hybridized carbons (Fsp3) is 0.222. The molecule has 1 unspecified atom stereocenters. The van der Waals surface area contributed by atoms with Crippen molar-refractivity contribution in [1.29, 1.82) is 5.26 Å². The topological polar surface area (TPSA) is 87.2 Å². The molecule has 0 spiro atoms. The number of nitro benzene ring substituents is 1. The minimum atomic E-state index is -0.955. The third-order valence-corrected chi connectivity index (χ3v) is 1.80. The molecule has 72 valence electrons. The molecule has 1 aromatic rings. The van der Waals surface area contributed by atoms with E-state index in [1.54, 1.807) is 0 Å². The molecule has 0 aliphatic rings. The van der Waals surface area contributed by atoms with Crippen LogP contribution in [0.4, 0.5) is 5.69 Å². The second-order valence-electron chi connectivity index (χ2n) is 2.82. The molecule has 5 heteroatoms. The van der Waals surface area contributed by atoms with E-state index in [1.165, 1.54) is 25.1 Å². The van der Waals surface area contributed by atoms with Crippen LogP contribution in [0.3, 0.4) is 0 Å². The molecular formula is C9H8N2O3. The molecule has 0 fully saturated rings. The van der Waals surface area contributed by atoms with Crippen molar-refractivity contribution in [1.82, 2.24) is 0 Å². The molecule has 5 nitrogen and oxygen atoms in total. The summed E-state index contributed by atoms with van der Waals surface area (Å²) in [6.07, 6.45) is -0.955. The van der Waals surface area contributed by atoms with Gasteiger partial charge in [-0.05, 0) is 19.1 Å². The van der Waals surface area contributed by atoms with Crippen molar-refractivity contribution in [2.45, 2.75) is 13.0 Å². The summed E-state index contributed by atoms with van der Waals surface area (Å²) in [5.74, 6) is 0. The number of hydrogen-bond acceptors (Lipinski definition) is 4. The van der Waals surface area contributed by atoms with E-state index in [2.05, 4.69) is 0 Å². The standard InChI is InChI=1S/C9H8N2O3/c1-6(12)8-4-7(5-10)2-3-9(8)11(13)14/h2-4,6,12H,1H3. The molecule has 0 aliphatic carbocycles. The Morgan fingerprint density at radius 1 is 1.64 bits per heavy atom. The molecule has 1 aromatic carbocycles. The zero-order valence-corrected chi connectivity index (χ0v) is 7.47. The first kappa shape index (κ1) is 10.2. The van der Waals surface area contributed by atoms with Crippen molar-refractivity contribution in [2.75, 3.05) is 0 Å². The van der Waals surface area contributed by atoms with Gasteiger partial charge in [0, 0.05) is 6.07 Å². The zero-order chi connectivity index (χ0) is 10.7. The van der Waals surface area contributed by atoms with Crippen molar-refractivity contribution in [2.24, 2.45) is 0 Å². The van der Waals surface area contributed by atoms with Crippen LogP contribution in [0.15, 0.2) is 18.2 Å². The van der Waals surface area contributed by atoms with E-state index in [4.69, 9.17) is 5.26 Å². The van der Waals surface area contributed by atoms with Gasteiger partial charge in [0.2, 0.25) is 0 Å². The number of hydrogen-bond donors (Lipinski definition) is 1. The first-order chi connectivity index (χ1) is 6.56. The lowest BCUT2D eigenvalue weighted by atomic mass is 10.1. The van der Waals surface area contributed by atoms with E-state index >= 15 is 0 Å². The van der Waals surface area contributed by atoms with E-state index < -0.39 is 11.0 Å². The summed E-state index contributed by atoms with van der Waals surface area (Å²) in [7, 11) is 0. The molecule has 0 aromatic heterocycles. The second kappa shape index (κ2) is 3.85. The van der Waals surface area contributed by atoms with Gasteiger partial charge in [0.05, 0.1) is 28.2 Å². The number of nitriles is 1. The fourth-order valence-corrected chi connectivity index (χ4v) is 1.12. The lowest BCUT2D eigenvalue weighted by Crippen LogP contribution is -1.99. The van der Waals surface area contributed by atoms with Gasteiger partial charge in [-0.25, -0.2) is 0 Å². The van der Waals surface area contributed by atoms with Crippen molar-refractivity contribution >= 4 is 5.69 Å². The van der Waals surface area contributed by atoms with Crippen molar-refractivity contribution in [3.05, 3.63) is 39.4 Å². The van der Waals surface area contributed by atoms with E-state index in [1.807, 2.05) is 6.07 Å². The number of aliphatic hydroxyl groups is 1. The first-order valence-electron chi connectivity index (χ1n) is 3.92. The molecule has 14 heavy (non-hydrogen) atoms. The summed E-state index contributed by atoms with van der Waals surface area (Å²) < 4.78 is 0. The number of benzene rings is 1. The predicted molar refractivity (Wildman–Crippen MR) is 48.4 cm³/mol. The Morgan fingerprint density at radius 2 is 2.29 bits per heavy atom. The van der Waals surface area contributed by atoms with Crippen LogP contribution >= 0.6 is 0 Å². The minimum absolute atomic E-state index is 0.161. The van der Waals surface area contributed by atoms with Crippen LogP contribution in [0.5, 0.6) is 0 Å². The Hall–Kier alpha value is -1.93. The van der Waals surface area contributed by atoms with E-state index in [0.29, 0.717) is 5.56 Å². The first-order valence-corrected chi connectivity index (χ1v) is 3.92. The molecule has 0 radical (unpaired) electrons. The van der Waals surface area contributed by atoms with E-state index in [9.17, 15) is 15.2 Å². The van der Waals surface area contributed by atoms with Gasteiger partial charge in [-0.1, -0.05) is 0 Å². The van der Waals surface area contributed by atoms with Gasteiger partial charge in [-0.2, -0.15) is 5.26 Å². The lowest BCUT2D eigenvalue weighted by Gasteiger charge is -2.05. The Labute approximate surface area is 80.4 Å². The average molecular weight is 192 g/mol. The summed E-state index contributed by atoms with van der Waals surface area (Å²) in [6.45, 7) is 1.42. The van der Waals surface area contributed by atoms with Gasteiger partial charge in [-0.3, -0.25) is 10.1 Å². The highest BCUT2D eigenvalue weighted by molar-refractivity contribution is 5.47. The molecule has 0 amide bonds. The fourth-order valence-electron chi connectivity index (χ4n) is 1.12. The molecule has 0 saturated carbocycles. The molecular weight excluding hydrogens is 184 g/mol. The maximum Gasteiger partial charge on any atom is 0.275 e. The van der Waals surface area contributed by atoms with Gasteiger partial charge in [-0.15, -0.1) is 0 Å². The molecule has 0 saturated heterocycles. The predicted octanol–water partition coefficient (Wildman–Crippen LogP) is 1.52. The Kier molecular flexibility index (Phi) is 2.79. The Morgan fingerprint density at radius 3 is 2.71 bits per heavy atom. The van der Waals surface area contributed by atoms with Crippen molar-refractivity contribution in [3.8, 4) is 6.07 Å². The van der Waals surface area contributed by atoms with Crippen LogP contribution in [-0.4, -0.2) is 10.0 Å². The smallest absolute Gasteiger partial charge is 0.275 e. The average Bonchev–Trinajstić information content (AvgIpc) is 2.16. The maximum absolute atomic E-state index is 10.5. The van der Waals surface area contributed by atoms with Gasteiger partial charge in [0.15, 0.2) is 0 Å². The molecule has 0 heterocycles. The molecule has 1 rings (SSSR count). The Balaban J connectivity index is 3.33.